The molecule has 4 rings (SSSR count). The molecular formula is C19H15Cl2N3O. The minimum absolute atomic E-state index is 0.0778. The van der Waals surface area contributed by atoms with Crippen LogP contribution in [0.5, 0.6) is 0 Å². The van der Waals surface area contributed by atoms with Crippen molar-refractivity contribution in [1.82, 2.24) is 9.97 Å². The summed E-state index contributed by atoms with van der Waals surface area (Å²) in [7, 11) is 0. The van der Waals surface area contributed by atoms with Gasteiger partial charge in [0.25, 0.3) is 0 Å². The molecule has 0 radical (unpaired) electrons. The van der Waals surface area contributed by atoms with Crippen LogP contribution in [-0.4, -0.2) is 22.3 Å². The second-order valence-corrected chi connectivity index (χ2v) is 6.88. The van der Waals surface area contributed by atoms with E-state index in [1.54, 1.807) is 0 Å². The average molecular weight is 372 g/mol. The fraction of sp³-hybridized carbons (Fsp3) is 0.211. The number of hydrogen-bond acceptors (Lipinski definition) is 4. The zero-order valence-electron chi connectivity index (χ0n) is 13.4. The number of hydrogen-bond donors (Lipinski definition) is 1. The van der Waals surface area contributed by atoms with Gasteiger partial charge in [0.1, 0.15) is 11.6 Å². The summed E-state index contributed by atoms with van der Waals surface area (Å²) in [5.41, 5.74) is 2.66. The van der Waals surface area contributed by atoms with Crippen molar-refractivity contribution in [2.75, 3.05) is 11.9 Å². The Morgan fingerprint density at radius 3 is 2.76 bits per heavy atom. The number of carbonyl (C=O) groups excluding carboxylic acids is 1. The van der Waals surface area contributed by atoms with Crippen LogP contribution in [0.3, 0.4) is 0 Å². The van der Waals surface area contributed by atoms with E-state index in [2.05, 4.69) is 15.3 Å². The van der Waals surface area contributed by atoms with Gasteiger partial charge in [-0.3, -0.25) is 4.79 Å². The number of aromatic nitrogens is 2. The lowest BCUT2D eigenvalue weighted by molar-refractivity contribution is 0.101. The molecule has 25 heavy (non-hydrogen) atoms. The normalized spacial score (nSPS) is 13.1. The Morgan fingerprint density at radius 1 is 1.04 bits per heavy atom. The Hall–Kier alpha value is -2.17. The molecular weight excluding hydrogens is 357 g/mol. The smallest absolute Gasteiger partial charge is 0.182 e. The van der Waals surface area contributed by atoms with E-state index < -0.39 is 0 Å². The van der Waals surface area contributed by atoms with Crippen molar-refractivity contribution in [3.8, 4) is 0 Å². The third-order valence-corrected chi connectivity index (χ3v) is 5.08. The molecule has 0 spiro atoms. The number of Topliss-reactive ketones (excluding diaryl/α,β-unsaturated/α-hetero) is 1. The van der Waals surface area contributed by atoms with Crippen molar-refractivity contribution >= 4 is 45.7 Å². The molecule has 2 heterocycles. The van der Waals surface area contributed by atoms with Gasteiger partial charge in [-0.1, -0.05) is 41.4 Å². The summed E-state index contributed by atoms with van der Waals surface area (Å²) in [4.78, 5) is 21.2. The number of halogens is 2. The largest absolute Gasteiger partial charge is 0.362 e. The summed E-state index contributed by atoms with van der Waals surface area (Å²) >= 11 is 12.0. The third kappa shape index (κ3) is 3.20. The van der Waals surface area contributed by atoms with Crippen LogP contribution in [0.4, 0.5) is 5.82 Å². The predicted octanol–water partition coefficient (Wildman–Crippen LogP) is 4.72. The number of nitrogens with one attached hydrogen (secondary N) is 1. The van der Waals surface area contributed by atoms with Crippen LogP contribution in [0.2, 0.25) is 10.0 Å². The Bertz CT molecular complexity index is 988. The number of carbonyl (C=O) groups is 1. The van der Waals surface area contributed by atoms with Gasteiger partial charge >= 0.3 is 0 Å². The summed E-state index contributed by atoms with van der Waals surface area (Å²) in [6.07, 6.45) is 2.53. The standard InChI is InChI=1S/C19H15Cl2N3O/c20-13-8-7-11(9-14(13)21)3-1-6-17-23-15-5-2-4-12-16(25)10-22-19(24-17)18(12)15/h2,4-5,7-9H,1,3,6,10H2,(H,22,23,24). The second kappa shape index (κ2) is 6.62. The van der Waals surface area contributed by atoms with Crippen molar-refractivity contribution < 1.29 is 4.79 Å². The van der Waals surface area contributed by atoms with E-state index in [0.717, 1.165) is 47.4 Å². The number of aryl methyl sites for hydroxylation is 2. The quantitative estimate of drug-likeness (QED) is 0.720. The van der Waals surface area contributed by atoms with Gasteiger partial charge in [-0.05, 0) is 36.6 Å². The summed E-state index contributed by atoms with van der Waals surface area (Å²) in [6.45, 7) is 0.284. The first-order valence-electron chi connectivity index (χ1n) is 8.12. The molecule has 1 aromatic heterocycles. The predicted molar refractivity (Wildman–Crippen MR) is 101 cm³/mol. The Morgan fingerprint density at radius 2 is 1.92 bits per heavy atom. The fourth-order valence-electron chi connectivity index (χ4n) is 3.11. The minimum Gasteiger partial charge on any atom is -0.362 e. The summed E-state index contributed by atoms with van der Waals surface area (Å²) < 4.78 is 0. The van der Waals surface area contributed by atoms with E-state index in [9.17, 15) is 4.79 Å². The molecule has 1 aliphatic rings. The van der Waals surface area contributed by atoms with Crippen LogP contribution in [0, 0.1) is 0 Å². The average Bonchev–Trinajstić information content (AvgIpc) is 2.61. The molecule has 0 saturated carbocycles. The lowest BCUT2D eigenvalue weighted by Crippen LogP contribution is -2.21. The van der Waals surface area contributed by atoms with Crippen LogP contribution in [0.15, 0.2) is 36.4 Å². The van der Waals surface area contributed by atoms with Crippen molar-refractivity contribution in [3.63, 3.8) is 0 Å². The number of anilines is 1. The van der Waals surface area contributed by atoms with E-state index >= 15 is 0 Å². The van der Waals surface area contributed by atoms with Gasteiger partial charge in [0.05, 0.1) is 27.5 Å². The van der Waals surface area contributed by atoms with Crippen molar-refractivity contribution in [1.29, 1.82) is 0 Å². The lowest BCUT2D eigenvalue weighted by atomic mass is 10.0. The topological polar surface area (TPSA) is 54.9 Å². The molecule has 0 bridgehead atoms. The monoisotopic (exact) mass is 371 g/mol. The second-order valence-electron chi connectivity index (χ2n) is 6.07. The van der Waals surface area contributed by atoms with Crippen LogP contribution in [0.1, 0.15) is 28.2 Å². The minimum atomic E-state index is 0.0778. The van der Waals surface area contributed by atoms with Gasteiger partial charge in [-0.25, -0.2) is 9.97 Å². The van der Waals surface area contributed by atoms with Crippen LogP contribution in [-0.2, 0) is 12.8 Å². The number of ketones is 1. The van der Waals surface area contributed by atoms with Gasteiger partial charge in [-0.2, -0.15) is 0 Å². The molecule has 1 N–H and O–H groups in total. The van der Waals surface area contributed by atoms with Crippen molar-refractivity contribution in [2.45, 2.75) is 19.3 Å². The summed E-state index contributed by atoms with van der Waals surface area (Å²) in [5, 5.41) is 5.08. The highest BCUT2D eigenvalue weighted by atomic mass is 35.5. The molecule has 4 nitrogen and oxygen atoms in total. The highest BCUT2D eigenvalue weighted by Crippen LogP contribution is 2.28. The molecule has 0 unspecified atom stereocenters. The highest BCUT2D eigenvalue weighted by molar-refractivity contribution is 6.42. The maximum atomic E-state index is 12.0. The van der Waals surface area contributed by atoms with E-state index in [4.69, 9.17) is 23.2 Å². The van der Waals surface area contributed by atoms with Gasteiger partial charge in [0.2, 0.25) is 0 Å². The zero-order chi connectivity index (χ0) is 17.4. The Kier molecular flexibility index (Phi) is 4.32. The Labute approximate surface area is 155 Å². The van der Waals surface area contributed by atoms with E-state index in [-0.39, 0.29) is 12.3 Å². The van der Waals surface area contributed by atoms with Crippen LogP contribution in [0.25, 0.3) is 10.9 Å². The molecule has 1 aliphatic heterocycles. The maximum Gasteiger partial charge on any atom is 0.182 e. The number of benzene rings is 2. The van der Waals surface area contributed by atoms with Crippen LogP contribution >= 0.6 is 23.2 Å². The molecule has 2 aromatic carbocycles. The molecule has 0 saturated heterocycles. The van der Waals surface area contributed by atoms with Crippen molar-refractivity contribution in [2.24, 2.45) is 0 Å². The number of nitrogens with zero attached hydrogens (tertiary/aromatic N) is 2. The van der Waals surface area contributed by atoms with Gasteiger partial charge in [-0.15, -0.1) is 0 Å². The SMILES string of the molecule is O=C1CNc2nc(CCCc3ccc(Cl)c(Cl)c3)nc3cccc1c23. The molecule has 3 aromatic rings. The first-order valence-corrected chi connectivity index (χ1v) is 8.88. The molecule has 126 valence electrons. The first-order chi connectivity index (χ1) is 12.1. The van der Waals surface area contributed by atoms with E-state index in [1.165, 1.54) is 0 Å². The molecule has 0 fully saturated rings. The fourth-order valence-corrected chi connectivity index (χ4v) is 3.43. The highest BCUT2D eigenvalue weighted by Gasteiger charge is 2.20. The summed E-state index contributed by atoms with van der Waals surface area (Å²) in [6, 6.07) is 11.3. The zero-order valence-corrected chi connectivity index (χ0v) is 14.9. The lowest BCUT2D eigenvalue weighted by Gasteiger charge is -2.17. The van der Waals surface area contributed by atoms with Gasteiger partial charge in [0, 0.05) is 12.0 Å². The van der Waals surface area contributed by atoms with Crippen LogP contribution < -0.4 is 5.32 Å². The van der Waals surface area contributed by atoms with Gasteiger partial charge < -0.3 is 5.32 Å². The van der Waals surface area contributed by atoms with E-state index in [0.29, 0.717) is 15.6 Å². The molecule has 6 heteroatoms. The van der Waals surface area contributed by atoms with Gasteiger partial charge in [0.15, 0.2) is 5.78 Å². The first kappa shape index (κ1) is 16.3. The Balaban J connectivity index is 1.54. The molecule has 0 amide bonds. The summed E-state index contributed by atoms with van der Waals surface area (Å²) in [5.74, 6) is 1.61. The molecule has 0 atom stereocenters. The van der Waals surface area contributed by atoms with E-state index in [1.807, 2.05) is 36.4 Å². The number of rotatable bonds is 4. The molecule has 0 aliphatic carbocycles. The third-order valence-electron chi connectivity index (χ3n) is 4.34. The van der Waals surface area contributed by atoms with Crippen molar-refractivity contribution in [3.05, 3.63) is 63.4 Å². The maximum absolute atomic E-state index is 12.0.